The molecular formula is C14H19NO6S. The number of nitrogens with one attached hydrogen (secondary N) is 1. The summed E-state index contributed by atoms with van der Waals surface area (Å²) in [7, 11) is -1.22. The Labute approximate surface area is 129 Å². The Morgan fingerprint density at radius 2 is 1.68 bits per heavy atom. The van der Waals surface area contributed by atoms with E-state index in [1.165, 1.54) is 14.0 Å². The van der Waals surface area contributed by atoms with Gasteiger partial charge in [-0.15, -0.1) is 0 Å². The minimum absolute atomic E-state index is 0.226. The van der Waals surface area contributed by atoms with Crippen molar-refractivity contribution in [2.45, 2.75) is 25.1 Å². The van der Waals surface area contributed by atoms with Gasteiger partial charge in [0, 0.05) is 13.3 Å². The lowest BCUT2D eigenvalue weighted by Gasteiger charge is -2.15. The van der Waals surface area contributed by atoms with Crippen molar-refractivity contribution in [3.63, 3.8) is 0 Å². The highest BCUT2D eigenvalue weighted by Crippen LogP contribution is 2.11. The van der Waals surface area contributed by atoms with Gasteiger partial charge in [0.2, 0.25) is 5.91 Å². The van der Waals surface area contributed by atoms with Gasteiger partial charge in [0.1, 0.15) is 11.8 Å². The summed E-state index contributed by atoms with van der Waals surface area (Å²) in [5.74, 6) is -1.10. The highest BCUT2D eigenvalue weighted by atomic mass is 32.2. The van der Waals surface area contributed by atoms with Crippen molar-refractivity contribution >= 4 is 22.0 Å². The zero-order valence-electron chi connectivity index (χ0n) is 12.7. The summed E-state index contributed by atoms with van der Waals surface area (Å²) in [4.78, 5) is 22.7. The predicted octanol–water partition coefficient (Wildman–Crippen LogP) is 0.383. The molecule has 0 aliphatic carbocycles. The normalized spacial score (nSPS) is 12.5. The fraction of sp³-hybridized carbons (Fsp3) is 0.429. The van der Waals surface area contributed by atoms with Crippen molar-refractivity contribution < 1.29 is 26.9 Å². The number of hydrogen-bond donors (Lipinski definition) is 1. The number of amides is 1. The van der Waals surface area contributed by atoms with Gasteiger partial charge in [-0.3, -0.25) is 8.98 Å². The molecule has 0 aliphatic heterocycles. The molecule has 1 unspecified atom stereocenters. The molecule has 0 bridgehead atoms. The molecule has 1 rings (SSSR count). The highest BCUT2D eigenvalue weighted by molar-refractivity contribution is 7.85. The number of ether oxygens (including phenoxy) is 1. The average Bonchev–Trinajstić information content (AvgIpc) is 2.47. The summed E-state index contributed by atoms with van der Waals surface area (Å²) in [6.45, 7) is 1.31. The maximum absolute atomic E-state index is 11.6. The Balaban J connectivity index is 2.80. The Kier molecular flexibility index (Phi) is 6.51. The van der Waals surface area contributed by atoms with Crippen molar-refractivity contribution in [1.29, 1.82) is 0 Å². The Hall–Kier alpha value is -1.93. The molecule has 1 amide bonds. The summed E-state index contributed by atoms with van der Waals surface area (Å²) >= 11 is 0. The van der Waals surface area contributed by atoms with Crippen LogP contribution in [0.1, 0.15) is 18.1 Å². The Bertz CT molecular complexity index is 623. The average molecular weight is 329 g/mol. The molecule has 22 heavy (non-hydrogen) atoms. The molecule has 1 N–H and O–H groups in total. The van der Waals surface area contributed by atoms with Crippen molar-refractivity contribution in [1.82, 2.24) is 5.32 Å². The van der Waals surface area contributed by atoms with E-state index < -0.39 is 22.1 Å². The van der Waals surface area contributed by atoms with Crippen LogP contribution in [0.5, 0.6) is 0 Å². The topological polar surface area (TPSA) is 98.8 Å². The predicted molar refractivity (Wildman–Crippen MR) is 79.4 cm³/mol. The second-order valence-corrected chi connectivity index (χ2v) is 6.40. The van der Waals surface area contributed by atoms with Crippen molar-refractivity contribution in [3.8, 4) is 0 Å². The SMILES string of the molecule is COC(=O)C(Cc1ccc(CS(=O)(=O)OC)cc1)NC(C)=O. The molecule has 0 radical (unpaired) electrons. The largest absolute Gasteiger partial charge is 0.467 e. The number of benzene rings is 1. The molecule has 7 nitrogen and oxygen atoms in total. The van der Waals surface area contributed by atoms with Gasteiger partial charge in [0.05, 0.1) is 14.2 Å². The molecular weight excluding hydrogens is 310 g/mol. The molecule has 0 aromatic heterocycles. The van der Waals surface area contributed by atoms with Gasteiger partial charge >= 0.3 is 5.97 Å². The lowest BCUT2D eigenvalue weighted by molar-refractivity contribution is -0.144. The summed E-state index contributed by atoms with van der Waals surface area (Å²) in [6.07, 6.45) is 0.254. The zero-order valence-corrected chi connectivity index (χ0v) is 13.5. The second-order valence-electron chi connectivity index (χ2n) is 4.67. The molecule has 0 aliphatic rings. The van der Waals surface area contributed by atoms with Gasteiger partial charge < -0.3 is 10.1 Å². The van der Waals surface area contributed by atoms with Gasteiger partial charge in [-0.05, 0) is 11.1 Å². The van der Waals surface area contributed by atoms with Crippen LogP contribution in [0.3, 0.4) is 0 Å². The van der Waals surface area contributed by atoms with E-state index in [0.29, 0.717) is 5.56 Å². The molecule has 1 atom stereocenters. The Morgan fingerprint density at radius 1 is 1.14 bits per heavy atom. The van der Waals surface area contributed by atoms with E-state index >= 15 is 0 Å². The van der Waals surface area contributed by atoms with E-state index in [4.69, 9.17) is 0 Å². The number of rotatable bonds is 7. The minimum Gasteiger partial charge on any atom is -0.467 e. The smallest absolute Gasteiger partial charge is 0.328 e. The van der Waals surface area contributed by atoms with E-state index in [9.17, 15) is 18.0 Å². The molecule has 122 valence electrons. The standard InChI is InChI=1S/C14H19NO6S/c1-10(16)15-13(14(17)20-2)8-11-4-6-12(7-5-11)9-22(18,19)21-3/h4-7,13H,8-9H2,1-3H3,(H,15,16). The first-order valence-corrected chi connectivity index (χ1v) is 8.06. The number of methoxy groups -OCH3 is 1. The van der Waals surface area contributed by atoms with Crippen LogP contribution in [0.2, 0.25) is 0 Å². The van der Waals surface area contributed by atoms with Gasteiger partial charge in [-0.1, -0.05) is 24.3 Å². The van der Waals surface area contributed by atoms with E-state index in [1.54, 1.807) is 24.3 Å². The quantitative estimate of drug-likeness (QED) is 0.574. The van der Waals surface area contributed by atoms with Gasteiger partial charge in [0.15, 0.2) is 0 Å². The van der Waals surface area contributed by atoms with E-state index in [-0.39, 0.29) is 18.1 Å². The third kappa shape index (κ3) is 5.82. The maximum atomic E-state index is 11.6. The van der Waals surface area contributed by atoms with E-state index in [2.05, 4.69) is 14.2 Å². The van der Waals surface area contributed by atoms with Crippen LogP contribution < -0.4 is 5.32 Å². The van der Waals surface area contributed by atoms with Gasteiger partial charge in [-0.2, -0.15) is 8.42 Å². The van der Waals surface area contributed by atoms with Crippen LogP contribution in [0, 0.1) is 0 Å². The molecule has 0 saturated heterocycles. The molecule has 0 heterocycles. The lowest BCUT2D eigenvalue weighted by atomic mass is 10.0. The van der Waals surface area contributed by atoms with E-state index in [0.717, 1.165) is 12.7 Å². The fourth-order valence-electron chi connectivity index (χ4n) is 1.85. The summed E-state index contributed by atoms with van der Waals surface area (Å²) in [5, 5.41) is 2.51. The van der Waals surface area contributed by atoms with Gasteiger partial charge in [0.25, 0.3) is 10.1 Å². The fourth-order valence-corrected chi connectivity index (χ4v) is 2.57. The highest BCUT2D eigenvalue weighted by Gasteiger charge is 2.20. The Morgan fingerprint density at radius 3 is 2.14 bits per heavy atom. The van der Waals surface area contributed by atoms with Crippen LogP contribution in [-0.4, -0.2) is 40.6 Å². The van der Waals surface area contributed by atoms with Crippen LogP contribution in [0.15, 0.2) is 24.3 Å². The van der Waals surface area contributed by atoms with Crippen molar-refractivity contribution in [3.05, 3.63) is 35.4 Å². The zero-order chi connectivity index (χ0) is 16.8. The summed E-state index contributed by atoms with van der Waals surface area (Å²) in [6, 6.07) is 5.87. The minimum atomic E-state index is -3.57. The number of carbonyl (C=O) groups excluding carboxylic acids is 2. The van der Waals surface area contributed by atoms with Crippen molar-refractivity contribution in [2.75, 3.05) is 14.2 Å². The second kappa shape index (κ2) is 7.90. The van der Waals surface area contributed by atoms with Crippen LogP contribution in [0.25, 0.3) is 0 Å². The molecule has 1 aromatic rings. The van der Waals surface area contributed by atoms with Crippen LogP contribution in [0.4, 0.5) is 0 Å². The molecule has 8 heteroatoms. The molecule has 0 fully saturated rings. The first-order chi connectivity index (χ1) is 10.3. The van der Waals surface area contributed by atoms with Crippen LogP contribution >= 0.6 is 0 Å². The first kappa shape index (κ1) is 18.1. The number of hydrogen-bond acceptors (Lipinski definition) is 6. The monoisotopic (exact) mass is 329 g/mol. The molecule has 0 saturated carbocycles. The number of carbonyl (C=O) groups is 2. The number of esters is 1. The summed E-state index contributed by atoms with van der Waals surface area (Å²) < 4.78 is 31.7. The third-order valence-corrected chi connectivity index (χ3v) is 4.12. The lowest BCUT2D eigenvalue weighted by Crippen LogP contribution is -2.41. The van der Waals surface area contributed by atoms with Crippen molar-refractivity contribution in [2.24, 2.45) is 0 Å². The molecule has 1 aromatic carbocycles. The summed E-state index contributed by atoms with van der Waals surface area (Å²) in [5.41, 5.74) is 1.34. The maximum Gasteiger partial charge on any atom is 0.328 e. The van der Waals surface area contributed by atoms with Crippen LogP contribution in [-0.2, 0) is 40.8 Å². The van der Waals surface area contributed by atoms with E-state index in [1.807, 2.05) is 0 Å². The third-order valence-electron chi connectivity index (χ3n) is 2.92. The first-order valence-electron chi connectivity index (χ1n) is 6.48. The molecule has 0 spiro atoms. The van der Waals surface area contributed by atoms with Gasteiger partial charge in [-0.25, -0.2) is 4.79 Å².